The van der Waals surface area contributed by atoms with E-state index in [9.17, 15) is 9.50 Å². The molecule has 0 aliphatic carbocycles. The predicted molar refractivity (Wildman–Crippen MR) is 137 cm³/mol. The molecule has 0 radical (unpaired) electrons. The number of thiophene rings is 1. The van der Waals surface area contributed by atoms with Crippen LogP contribution in [-0.2, 0) is 6.61 Å². The third-order valence-corrected chi connectivity index (χ3v) is 7.04. The lowest BCUT2D eigenvalue weighted by Crippen LogP contribution is -2.28. The maximum atomic E-state index is 13.4. The lowest BCUT2D eigenvalue weighted by Gasteiger charge is -2.15. The van der Waals surface area contributed by atoms with Crippen molar-refractivity contribution < 1.29 is 14.2 Å². The topological polar surface area (TPSA) is 70.5 Å². The zero-order valence-corrected chi connectivity index (χ0v) is 20.2. The van der Waals surface area contributed by atoms with Gasteiger partial charge in [-0.1, -0.05) is 35.6 Å². The lowest BCUT2D eigenvalue weighted by atomic mass is 10.2. The van der Waals surface area contributed by atoms with E-state index in [0.29, 0.717) is 16.6 Å². The number of hydrogen-bond donors (Lipinski definition) is 2. The quantitative estimate of drug-likeness (QED) is 0.332. The van der Waals surface area contributed by atoms with Crippen molar-refractivity contribution in [3.63, 3.8) is 0 Å². The van der Waals surface area contributed by atoms with Crippen molar-refractivity contribution in [1.29, 1.82) is 0 Å². The molecule has 1 saturated heterocycles. The number of aliphatic hydroxyl groups excluding tert-OH is 1. The van der Waals surface area contributed by atoms with Crippen LogP contribution in [0.1, 0.15) is 23.3 Å². The van der Waals surface area contributed by atoms with Crippen LogP contribution >= 0.6 is 22.9 Å². The van der Waals surface area contributed by atoms with Crippen LogP contribution in [0.15, 0.2) is 54.9 Å². The van der Waals surface area contributed by atoms with Gasteiger partial charge in [-0.3, -0.25) is 4.90 Å². The van der Waals surface area contributed by atoms with Crippen molar-refractivity contribution in [2.24, 2.45) is 0 Å². The van der Waals surface area contributed by atoms with Crippen LogP contribution < -0.4 is 10.1 Å². The number of ether oxygens (including phenoxy) is 1. The summed E-state index contributed by atoms with van der Waals surface area (Å²) in [6.07, 6.45) is 3.52. The Kier molecular flexibility index (Phi) is 7.11. The molecule has 0 amide bonds. The minimum atomic E-state index is -0.304. The molecule has 0 bridgehead atoms. The summed E-state index contributed by atoms with van der Waals surface area (Å²) in [6.45, 7) is 1.12. The number of anilines is 2. The van der Waals surface area contributed by atoms with Crippen LogP contribution in [0.3, 0.4) is 0 Å². The highest BCUT2D eigenvalue weighted by molar-refractivity contribution is 7.20. The first-order chi connectivity index (χ1) is 17.1. The Balaban J connectivity index is 1.31. The molecule has 4 aromatic rings. The zero-order valence-electron chi connectivity index (χ0n) is 18.7. The predicted octanol–water partition coefficient (Wildman–Crippen LogP) is 5.57. The largest absolute Gasteiger partial charge is 0.487 e. The molecular formula is C26H22ClFN4O2S. The molecule has 5 rings (SSSR count). The highest BCUT2D eigenvalue weighted by atomic mass is 35.5. The number of halogens is 2. The van der Waals surface area contributed by atoms with Crippen LogP contribution in [0.4, 0.5) is 15.9 Å². The maximum Gasteiger partial charge on any atom is 0.151 e. The number of nitrogens with zero attached hydrogens (tertiary/aromatic N) is 3. The molecule has 2 aromatic heterocycles. The van der Waals surface area contributed by atoms with Gasteiger partial charge in [0, 0.05) is 12.2 Å². The second kappa shape index (κ2) is 10.6. The summed E-state index contributed by atoms with van der Waals surface area (Å²) in [6, 6.07) is 13.7. The van der Waals surface area contributed by atoms with E-state index in [1.165, 1.54) is 29.8 Å². The van der Waals surface area contributed by atoms with Gasteiger partial charge < -0.3 is 15.2 Å². The number of nitrogens with one attached hydrogen (secondary N) is 1. The minimum absolute atomic E-state index is 0.0303. The maximum absolute atomic E-state index is 13.4. The highest BCUT2D eigenvalue weighted by Gasteiger charge is 2.21. The molecule has 178 valence electrons. The fraction of sp³-hybridized carbons (Fsp3) is 0.231. The van der Waals surface area contributed by atoms with Gasteiger partial charge in [0.25, 0.3) is 0 Å². The molecule has 1 aliphatic heterocycles. The molecule has 2 aromatic carbocycles. The number of benzene rings is 2. The fourth-order valence-corrected chi connectivity index (χ4v) is 5.09. The summed E-state index contributed by atoms with van der Waals surface area (Å²) in [5.74, 6) is 7.38. The van der Waals surface area contributed by atoms with E-state index in [0.717, 1.165) is 45.7 Å². The smallest absolute Gasteiger partial charge is 0.151 e. The molecular weight excluding hydrogens is 487 g/mol. The Morgan fingerprint density at radius 3 is 2.97 bits per heavy atom. The molecule has 0 saturated carbocycles. The van der Waals surface area contributed by atoms with Crippen LogP contribution in [0, 0.1) is 17.7 Å². The standard InChI is InChI=1S/C26H22ClFN4O2S/c27-22-12-19(6-9-24(22)34-14-17-3-1-4-18(28)11-17)31-26-25-23(29-15-30-26)13-21(35-25)8-7-20-5-2-10-32(20)16-33/h1,3-4,6,9,11-13,15,20,33H,2,5,10,14,16H2,(H,29,30,31). The first-order valence-corrected chi connectivity index (χ1v) is 12.3. The number of hydrogen-bond acceptors (Lipinski definition) is 7. The van der Waals surface area contributed by atoms with Crippen LogP contribution in [-0.4, -0.2) is 39.3 Å². The van der Waals surface area contributed by atoms with Gasteiger partial charge in [0.15, 0.2) is 5.82 Å². The van der Waals surface area contributed by atoms with Crippen molar-refractivity contribution in [2.45, 2.75) is 25.5 Å². The van der Waals surface area contributed by atoms with Crippen molar-refractivity contribution in [3.05, 3.63) is 76.1 Å². The number of aromatic nitrogens is 2. The number of likely N-dealkylation sites (tertiary alicyclic amines) is 1. The van der Waals surface area contributed by atoms with E-state index in [1.54, 1.807) is 24.3 Å². The highest BCUT2D eigenvalue weighted by Crippen LogP contribution is 2.33. The second-order valence-electron chi connectivity index (χ2n) is 8.12. The average molecular weight is 509 g/mol. The van der Waals surface area contributed by atoms with Crippen molar-refractivity contribution in [3.8, 4) is 17.6 Å². The van der Waals surface area contributed by atoms with E-state index < -0.39 is 0 Å². The van der Waals surface area contributed by atoms with Crippen LogP contribution in [0.2, 0.25) is 5.02 Å². The molecule has 1 unspecified atom stereocenters. The summed E-state index contributed by atoms with van der Waals surface area (Å²) >= 11 is 7.95. The molecule has 6 nitrogen and oxygen atoms in total. The van der Waals surface area contributed by atoms with E-state index >= 15 is 0 Å². The third kappa shape index (κ3) is 5.55. The summed E-state index contributed by atoms with van der Waals surface area (Å²) < 4.78 is 20.0. The molecule has 1 aliphatic rings. The van der Waals surface area contributed by atoms with E-state index in [-0.39, 0.29) is 25.2 Å². The van der Waals surface area contributed by atoms with Gasteiger partial charge in [0.1, 0.15) is 24.5 Å². The number of rotatable bonds is 6. The van der Waals surface area contributed by atoms with Gasteiger partial charge in [-0.15, -0.1) is 11.3 Å². The number of aliphatic hydroxyl groups is 1. The van der Waals surface area contributed by atoms with Crippen molar-refractivity contribution >= 4 is 44.7 Å². The van der Waals surface area contributed by atoms with Gasteiger partial charge >= 0.3 is 0 Å². The fourth-order valence-electron chi connectivity index (χ4n) is 3.94. The van der Waals surface area contributed by atoms with Crippen LogP contribution in [0.5, 0.6) is 5.75 Å². The van der Waals surface area contributed by atoms with E-state index in [1.807, 2.05) is 17.0 Å². The molecule has 0 spiro atoms. The monoisotopic (exact) mass is 508 g/mol. The van der Waals surface area contributed by atoms with Gasteiger partial charge in [-0.25, -0.2) is 14.4 Å². The Hall–Kier alpha value is -3.22. The molecule has 1 atom stereocenters. The molecule has 2 N–H and O–H groups in total. The normalized spacial score (nSPS) is 15.7. The zero-order chi connectivity index (χ0) is 24.2. The average Bonchev–Trinajstić information content (AvgIpc) is 3.49. The minimum Gasteiger partial charge on any atom is -0.487 e. The van der Waals surface area contributed by atoms with Crippen molar-refractivity contribution in [1.82, 2.24) is 14.9 Å². The number of fused-ring (bicyclic) bond motifs is 1. The lowest BCUT2D eigenvalue weighted by molar-refractivity contribution is 0.114. The van der Waals surface area contributed by atoms with Crippen molar-refractivity contribution in [2.75, 3.05) is 18.6 Å². The third-order valence-electron chi connectivity index (χ3n) is 5.70. The van der Waals surface area contributed by atoms with Crippen LogP contribution in [0.25, 0.3) is 10.2 Å². The summed E-state index contributed by atoms with van der Waals surface area (Å²) in [4.78, 5) is 11.6. The van der Waals surface area contributed by atoms with Gasteiger partial charge in [-0.05, 0) is 54.8 Å². The molecule has 9 heteroatoms. The Bertz CT molecular complexity index is 1420. The van der Waals surface area contributed by atoms with E-state index in [4.69, 9.17) is 16.3 Å². The summed E-state index contributed by atoms with van der Waals surface area (Å²) in [5, 5.41) is 13.2. The van der Waals surface area contributed by atoms with Gasteiger partial charge in [0.2, 0.25) is 0 Å². The van der Waals surface area contributed by atoms with E-state index in [2.05, 4.69) is 27.1 Å². The summed E-state index contributed by atoms with van der Waals surface area (Å²) in [5.41, 5.74) is 2.28. The molecule has 1 fully saturated rings. The molecule has 3 heterocycles. The van der Waals surface area contributed by atoms with Gasteiger partial charge in [0.05, 0.1) is 32.9 Å². The Morgan fingerprint density at radius 1 is 1.23 bits per heavy atom. The first-order valence-electron chi connectivity index (χ1n) is 11.1. The second-order valence-corrected chi connectivity index (χ2v) is 9.58. The summed E-state index contributed by atoms with van der Waals surface area (Å²) in [7, 11) is 0. The van der Waals surface area contributed by atoms with Gasteiger partial charge in [-0.2, -0.15) is 0 Å². The molecule has 35 heavy (non-hydrogen) atoms. The Labute approximate surface area is 211 Å². The Morgan fingerprint density at radius 2 is 2.14 bits per heavy atom. The first kappa shape index (κ1) is 23.5. The SMILES string of the molecule is OCN1CCCC1C#Cc1cc2ncnc(Nc3ccc(OCc4cccc(F)c4)c(Cl)c3)c2s1.